The summed E-state index contributed by atoms with van der Waals surface area (Å²) in [6.07, 6.45) is 8.06. The highest BCUT2D eigenvalue weighted by Gasteiger charge is 2.17. The molecular formula is C11H21ClO. The predicted octanol–water partition coefficient (Wildman–Crippen LogP) is 3.60. The molecule has 1 nitrogen and oxygen atoms in total. The Morgan fingerprint density at radius 1 is 1.46 bits per heavy atom. The summed E-state index contributed by atoms with van der Waals surface area (Å²) in [6.45, 7) is 3.20. The van der Waals surface area contributed by atoms with Gasteiger partial charge in [0.05, 0.1) is 6.10 Å². The van der Waals surface area contributed by atoms with Crippen LogP contribution in [0.5, 0.6) is 0 Å². The van der Waals surface area contributed by atoms with Gasteiger partial charge in [-0.2, -0.15) is 0 Å². The van der Waals surface area contributed by atoms with Gasteiger partial charge >= 0.3 is 0 Å². The first-order chi connectivity index (χ1) is 6.36. The van der Waals surface area contributed by atoms with E-state index in [4.69, 9.17) is 16.3 Å². The Morgan fingerprint density at radius 2 is 2.31 bits per heavy atom. The largest absolute Gasteiger partial charge is 0.378 e. The van der Waals surface area contributed by atoms with Crippen molar-refractivity contribution >= 4 is 11.6 Å². The first-order valence-corrected chi connectivity index (χ1v) is 6.07. The maximum absolute atomic E-state index is 5.89. The van der Waals surface area contributed by atoms with Gasteiger partial charge in [0, 0.05) is 12.5 Å². The highest BCUT2D eigenvalue weighted by atomic mass is 35.5. The summed E-state index contributed by atoms with van der Waals surface area (Å²) < 4.78 is 5.58. The lowest BCUT2D eigenvalue weighted by atomic mass is 9.97. The Labute approximate surface area is 86.8 Å². The van der Waals surface area contributed by atoms with E-state index in [-0.39, 0.29) is 0 Å². The molecule has 1 heterocycles. The number of ether oxygens (including phenoxy) is 1. The fourth-order valence-electron chi connectivity index (χ4n) is 2.00. The molecule has 0 aromatic rings. The number of hydrogen-bond acceptors (Lipinski definition) is 1. The van der Waals surface area contributed by atoms with Crippen LogP contribution in [0.4, 0.5) is 0 Å². The zero-order valence-electron chi connectivity index (χ0n) is 8.60. The summed E-state index contributed by atoms with van der Waals surface area (Å²) in [5.41, 5.74) is 0. The zero-order valence-corrected chi connectivity index (χ0v) is 9.35. The van der Waals surface area contributed by atoms with Crippen molar-refractivity contribution in [2.24, 2.45) is 5.92 Å². The van der Waals surface area contributed by atoms with Crippen LogP contribution in [0.2, 0.25) is 0 Å². The van der Waals surface area contributed by atoms with Crippen LogP contribution in [0.25, 0.3) is 0 Å². The molecule has 2 heteroatoms. The van der Waals surface area contributed by atoms with Crippen molar-refractivity contribution in [2.45, 2.75) is 51.6 Å². The molecule has 0 aromatic carbocycles. The molecule has 2 atom stereocenters. The third-order valence-corrected chi connectivity index (χ3v) is 3.27. The first-order valence-electron chi connectivity index (χ1n) is 5.54. The van der Waals surface area contributed by atoms with Gasteiger partial charge in [0.2, 0.25) is 0 Å². The number of rotatable bonds is 6. The molecule has 2 unspecified atom stereocenters. The second-order valence-corrected chi connectivity index (χ2v) is 4.33. The molecule has 1 fully saturated rings. The number of hydrogen-bond donors (Lipinski definition) is 0. The van der Waals surface area contributed by atoms with Crippen LogP contribution in [0, 0.1) is 5.92 Å². The molecule has 1 aliphatic rings. The van der Waals surface area contributed by atoms with Gasteiger partial charge in [-0.05, 0) is 38.0 Å². The lowest BCUT2D eigenvalue weighted by Crippen LogP contribution is -2.09. The molecule has 13 heavy (non-hydrogen) atoms. The number of alkyl halides is 1. The summed E-state index contributed by atoms with van der Waals surface area (Å²) in [4.78, 5) is 0. The second-order valence-electron chi connectivity index (χ2n) is 4.02. The summed E-state index contributed by atoms with van der Waals surface area (Å²) in [5, 5.41) is 0. The van der Waals surface area contributed by atoms with Crippen molar-refractivity contribution in [3.8, 4) is 0 Å². The smallest absolute Gasteiger partial charge is 0.0576 e. The lowest BCUT2D eigenvalue weighted by molar-refractivity contribution is 0.0985. The van der Waals surface area contributed by atoms with Gasteiger partial charge in [0.1, 0.15) is 0 Å². The molecule has 1 rings (SSSR count). The van der Waals surface area contributed by atoms with E-state index in [0.717, 1.165) is 18.4 Å². The minimum absolute atomic E-state index is 0.544. The Hall–Kier alpha value is 0.250. The van der Waals surface area contributed by atoms with Crippen LogP contribution in [-0.4, -0.2) is 18.6 Å². The summed E-state index contributed by atoms with van der Waals surface area (Å²) >= 11 is 5.89. The molecule has 1 aliphatic heterocycles. The van der Waals surface area contributed by atoms with E-state index in [9.17, 15) is 0 Å². The van der Waals surface area contributed by atoms with Crippen LogP contribution in [0.3, 0.4) is 0 Å². The molecule has 0 amide bonds. The van der Waals surface area contributed by atoms with Gasteiger partial charge in [-0.1, -0.05) is 13.3 Å². The third-order valence-electron chi connectivity index (χ3n) is 2.84. The van der Waals surface area contributed by atoms with E-state index < -0.39 is 0 Å². The Balaban J connectivity index is 2.07. The van der Waals surface area contributed by atoms with E-state index >= 15 is 0 Å². The predicted molar refractivity (Wildman–Crippen MR) is 57.3 cm³/mol. The second kappa shape index (κ2) is 6.67. The molecule has 0 spiro atoms. The summed E-state index contributed by atoms with van der Waals surface area (Å²) in [6, 6.07) is 0. The average Bonchev–Trinajstić information content (AvgIpc) is 2.64. The van der Waals surface area contributed by atoms with Crippen LogP contribution in [0.1, 0.15) is 45.4 Å². The Morgan fingerprint density at radius 3 is 2.85 bits per heavy atom. The van der Waals surface area contributed by atoms with Gasteiger partial charge in [-0.25, -0.2) is 0 Å². The van der Waals surface area contributed by atoms with Gasteiger partial charge in [-0.15, -0.1) is 11.6 Å². The molecule has 78 valence electrons. The van der Waals surface area contributed by atoms with E-state index in [1.54, 1.807) is 0 Å². The summed E-state index contributed by atoms with van der Waals surface area (Å²) in [7, 11) is 0. The fourth-order valence-corrected chi connectivity index (χ4v) is 2.31. The first kappa shape index (κ1) is 11.3. The van der Waals surface area contributed by atoms with Crippen molar-refractivity contribution in [3.63, 3.8) is 0 Å². The topological polar surface area (TPSA) is 9.23 Å². The highest BCUT2D eigenvalue weighted by Crippen LogP contribution is 2.22. The Bertz CT molecular complexity index is 121. The van der Waals surface area contributed by atoms with Crippen molar-refractivity contribution in [3.05, 3.63) is 0 Å². The van der Waals surface area contributed by atoms with Crippen molar-refractivity contribution in [2.75, 3.05) is 12.5 Å². The van der Waals surface area contributed by atoms with E-state index in [0.29, 0.717) is 6.10 Å². The van der Waals surface area contributed by atoms with Crippen molar-refractivity contribution in [1.82, 2.24) is 0 Å². The van der Waals surface area contributed by atoms with Gasteiger partial charge in [0.15, 0.2) is 0 Å². The van der Waals surface area contributed by atoms with Crippen LogP contribution in [0.15, 0.2) is 0 Å². The molecular weight excluding hydrogens is 184 g/mol. The standard InChI is InChI=1S/C11H21ClO/c1-2-4-10(9-12)6-7-11-5-3-8-13-11/h10-11H,2-9H2,1H3. The van der Waals surface area contributed by atoms with Crippen molar-refractivity contribution < 1.29 is 4.74 Å². The highest BCUT2D eigenvalue weighted by molar-refractivity contribution is 6.18. The lowest BCUT2D eigenvalue weighted by Gasteiger charge is -2.15. The molecule has 0 aromatic heterocycles. The minimum Gasteiger partial charge on any atom is -0.378 e. The number of halogens is 1. The SMILES string of the molecule is CCCC(CCl)CCC1CCCO1. The molecule has 1 saturated heterocycles. The maximum Gasteiger partial charge on any atom is 0.0576 e. The average molecular weight is 205 g/mol. The van der Waals surface area contributed by atoms with E-state index in [2.05, 4.69) is 6.92 Å². The monoisotopic (exact) mass is 204 g/mol. The maximum atomic E-state index is 5.89. The molecule has 0 aliphatic carbocycles. The third kappa shape index (κ3) is 4.33. The van der Waals surface area contributed by atoms with Crippen molar-refractivity contribution in [1.29, 1.82) is 0 Å². The van der Waals surface area contributed by atoms with Gasteiger partial charge in [0.25, 0.3) is 0 Å². The molecule has 0 N–H and O–H groups in total. The van der Waals surface area contributed by atoms with E-state index in [1.807, 2.05) is 0 Å². The quantitative estimate of drug-likeness (QED) is 0.601. The van der Waals surface area contributed by atoms with E-state index in [1.165, 1.54) is 38.5 Å². The molecule has 0 bridgehead atoms. The fraction of sp³-hybridized carbons (Fsp3) is 1.00. The van der Waals surface area contributed by atoms with Crippen LogP contribution < -0.4 is 0 Å². The minimum atomic E-state index is 0.544. The van der Waals surface area contributed by atoms with Crippen LogP contribution >= 0.6 is 11.6 Å². The van der Waals surface area contributed by atoms with Crippen LogP contribution in [-0.2, 0) is 4.74 Å². The molecule has 0 saturated carbocycles. The normalized spacial score (nSPS) is 24.9. The van der Waals surface area contributed by atoms with Gasteiger partial charge < -0.3 is 4.74 Å². The van der Waals surface area contributed by atoms with Gasteiger partial charge in [-0.3, -0.25) is 0 Å². The molecule has 0 radical (unpaired) electrons. The summed E-state index contributed by atoms with van der Waals surface area (Å²) in [5.74, 6) is 1.54. The Kier molecular flexibility index (Phi) is 5.81. The zero-order chi connectivity index (χ0) is 9.52.